The number of likely N-dealkylation sites (N-methyl/N-ethyl adjacent to an activating group) is 1. The van der Waals surface area contributed by atoms with Gasteiger partial charge in [0.2, 0.25) is 5.91 Å². The molecule has 3 rings (SSSR count). The third-order valence-corrected chi connectivity index (χ3v) is 6.20. The minimum atomic E-state index is -0.655. The molecule has 2 aromatic rings. The van der Waals surface area contributed by atoms with Crippen LogP contribution in [0.1, 0.15) is 48.4 Å². The Morgan fingerprint density at radius 3 is 2.60 bits per heavy atom. The minimum absolute atomic E-state index is 0.127. The van der Waals surface area contributed by atoms with Gasteiger partial charge in [-0.05, 0) is 42.7 Å². The first-order valence-corrected chi connectivity index (χ1v) is 11.7. The largest absolute Gasteiger partial charge is 0.355 e. The van der Waals surface area contributed by atoms with E-state index >= 15 is 0 Å². The lowest BCUT2D eigenvalue weighted by atomic mass is 10.1. The van der Waals surface area contributed by atoms with Crippen LogP contribution in [0.2, 0.25) is 0 Å². The molecule has 1 aliphatic heterocycles. The summed E-state index contributed by atoms with van der Waals surface area (Å²) in [5.41, 5.74) is 2.16. The standard InChI is InChI=1S/C26H31F2N5O2/c1-4-5-6-10-30-25(34)16-32(24-12-20(13-29)23(28)11-18(24)2)17-26(35)31(3)33-14-19-8-7-9-22(27)21(19)15-33/h7-9,11-12H,4-6,10,14-17H2,1-3H3,(H,30,34). The number of benzene rings is 2. The van der Waals surface area contributed by atoms with Gasteiger partial charge in [-0.15, -0.1) is 0 Å². The lowest BCUT2D eigenvalue weighted by Crippen LogP contribution is -2.48. The summed E-state index contributed by atoms with van der Waals surface area (Å²) < 4.78 is 28.3. The van der Waals surface area contributed by atoms with Crippen LogP contribution in [-0.4, -0.2) is 48.5 Å². The first-order valence-electron chi connectivity index (χ1n) is 11.7. The average Bonchev–Trinajstić information content (AvgIpc) is 3.27. The number of amides is 2. The van der Waals surface area contributed by atoms with Crippen molar-refractivity contribution in [1.29, 1.82) is 5.26 Å². The Morgan fingerprint density at radius 2 is 1.91 bits per heavy atom. The number of hydrogen-bond acceptors (Lipinski definition) is 5. The van der Waals surface area contributed by atoms with Crippen molar-refractivity contribution in [2.45, 2.75) is 46.2 Å². The normalized spacial score (nSPS) is 12.7. The third-order valence-electron chi connectivity index (χ3n) is 6.20. The number of hydrazine groups is 1. The van der Waals surface area contributed by atoms with E-state index in [2.05, 4.69) is 12.2 Å². The highest BCUT2D eigenvalue weighted by molar-refractivity contribution is 5.86. The number of hydrogen-bond donors (Lipinski definition) is 1. The van der Waals surface area contributed by atoms with Gasteiger partial charge < -0.3 is 10.2 Å². The second-order valence-electron chi connectivity index (χ2n) is 8.76. The average molecular weight is 484 g/mol. The lowest BCUT2D eigenvalue weighted by Gasteiger charge is -2.32. The van der Waals surface area contributed by atoms with Crippen molar-refractivity contribution in [3.8, 4) is 6.07 Å². The number of carbonyl (C=O) groups excluding carboxylic acids is 2. The Hall–Kier alpha value is -3.51. The quantitative estimate of drug-likeness (QED) is 0.522. The highest BCUT2D eigenvalue weighted by Gasteiger charge is 2.29. The molecule has 0 bridgehead atoms. The summed E-state index contributed by atoms with van der Waals surface area (Å²) in [5.74, 6) is -1.55. The van der Waals surface area contributed by atoms with Gasteiger partial charge in [-0.1, -0.05) is 31.9 Å². The molecule has 0 atom stereocenters. The number of carbonyl (C=O) groups is 2. The van der Waals surface area contributed by atoms with Gasteiger partial charge in [0.25, 0.3) is 5.91 Å². The Bertz CT molecular complexity index is 1130. The van der Waals surface area contributed by atoms with E-state index in [0.29, 0.717) is 29.9 Å². The van der Waals surface area contributed by atoms with Gasteiger partial charge in [-0.3, -0.25) is 14.6 Å². The molecule has 1 aliphatic rings. The molecule has 0 aliphatic carbocycles. The molecule has 0 saturated carbocycles. The molecule has 2 amide bonds. The summed E-state index contributed by atoms with van der Waals surface area (Å²) in [6.45, 7) is 4.61. The van der Waals surface area contributed by atoms with Crippen LogP contribution in [0.5, 0.6) is 0 Å². The monoisotopic (exact) mass is 483 g/mol. The molecule has 0 saturated heterocycles. The lowest BCUT2D eigenvalue weighted by molar-refractivity contribution is -0.145. The summed E-state index contributed by atoms with van der Waals surface area (Å²) in [4.78, 5) is 27.4. The minimum Gasteiger partial charge on any atom is -0.355 e. The Balaban J connectivity index is 1.77. The van der Waals surface area contributed by atoms with Crippen LogP contribution >= 0.6 is 0 Å². The van der Waals surface area contributed by atoms with Crippen molar-refractivity contribution in [1.82, 2.24) is 15.3 Å². The fraction of sp³-hybridized carbons (Fsp3) is 0.423. The SMILES string of the molecule is CCCCCNC(=O)CN(CC(=O)N(C)N1Cc2cccc(F)c2C1)c1cc(C#N)c(F)cc1C. The van der Waals surface area contributed by atoms with E-state index in [1.807, 2.05) is 12.1 Å². The first-order chi connectivity index (χ1) is 16.7. The molecule has 1 heterocycles. The number of nitrogens with zero attached hydrogens (tertiary/aromatic N) is 4. The number of anilines is 1. The third kappa shape index (κ3) is 6.34. The van der Waals surface area contributed by atoms with E-state index in [-0.39, 0.29) is 42.8 Å². The summed E-state index contributed by atoms with van der Waals surface area (Å²) >= 11 is 0. The van der Waals surface area contributed by atoms with Crippen LogP contribution in [-0.2, 0) is 22.7 Å². The molecule has 0 unspecified atom stereocenters. The van der Waals surface area contributed by atoms with Crippen LogP contribution in [0.3, 0.4) is 0 Å². The van der Waals surface area contributed by atoms with Gasteiger partial charge in [-0.25, -0.2) is 13.8 Å². The second-order valence-corrected chi connectivity index (χ2v) is 8.76. The van der Waals surface area contributed by atoms with Crippen molar-refractivity contribution >= 4 is 17.5 Å². The van der Waals surface area contributed by atoms with Gasteiger partial charge in [0.15, 0.2) is 0 Å². The van der Waals surface area contributed by atoms with E-state index in [9.17, 15) is 23.6 Å². The van der Waals surface area contributed by atoms with Crippen LogP contribution in [0.15, 0.2) is 30.3 Å². The maximum absolute atomic E-state index is 14.2. The fourth-order valence-electron chi connectivity index (χ4n) is 4.14. The number of fused-ring (bicyclic) bond motifs is 1. The number of unbranched alkanes of at least 4 members (excludes halogenated alkanes) is 2. The van der Waals surface area contributed by atoms with Crippen molar-refractivity contribution < 1.29 is 18.4 Å². The van der Waals surface area contributed by atoms with Crippen molar-refractivity contribution in [3.63, 3.8) is 0 Å². The first kappa shape index (κ1) is 26.1. The molecule has 0 spiro atoms. The molecule has 2 aromatic carbocycles. The highest BCUT2D eigenvalue weighted by Crippen LogP contribution is 2.27. The van der Waals surface area contributed by atoms with E-state index in [0.717, 1.165) is 24.8 Å². The Morgan fingerprint density at radius 1 is 1.14 bits per heavy atom. The summed E-state index contributed by atoms with van der Waals surface area (Å²) in [5, 5.41) is 15.3. The zero-order valence-electron chi connectivity index (χ0n) is 20.4. The number of nitriles is 1. The molecule has 1 N–H and O–H groups in total. The van der Waals surface area contributed by atoms with Crippen LogP contribution in [0, 0.1) is 29.9 Å². The van der Waals surface area contributed by atoms with E-state index in [4.69, 9.17) is 0 Å². The molecule has 0 aromatic heterocycles. The molecular weight excluding hydrogens is 452 g/mol. The zero-order valence-corrected chi connectivity index (χ0v) is 20.4. The van der Waals surface area contributed by atoms with Gasteiger partial charge >= 0.3 is 0 Å². The summed E-state index contributed by atoms with van der Waals surface area (Å²) in [6.07, 6.45) is 2.87. The van der Waals surface area contributed by atoms with Crippen molar-refractivity contribution in [2.24, 2.45) is 0 Å². The topological polar surface area (TPSA) is 79.7 Å². The smallest absolute Gasteiger partial charge is 0.256 e. The Labute approximate surface area is 204 Å². The van der Waals surface area contributed by atoms with Crippen molar-refractivity contribution in [2.75, 3.05) is 31.6 Å². The highest BCUT2D eigenvalue weighted by atomic mass is 19.1. The fourth-order valence-corrected chi connectivity index (χ4v) is 4.14. The van der Waals surface area contributed by atoms with E-state index in [1.54, 1.807) is 29.9 Å². The Kier molecular flexibility index (Phi) is 8.77. The van der Waals surface area contributed by atoms with Gasteiger partial charge in [0, 0.05) is 37.9 Å². The second kappa shape index (κ2) is 11.8. The number of rotatable bonds is 10. The van der Waals surface area contributed by atoms with Crippen LogP contribution in [0.4, 0.5) is 14.5 Å². The van der Waals surface area contributed by atoms with Crippen molar-refractivity contribution in [3.05, 3.63) is 64.2 Å². The number of nitrogens with one attached hydrogen (secondary N) is 1. The number of aryl methyl sites for hydroxylation is 1. The molecule has 7 nitrogen and oxygen atoms in total. The summed E-state index contributed by atoms with van der Waals surface area (Å²) in [6, 6.07) is 9.28. The number of halogens is 2. The summed E-state index contributed by atoms with van der Waals surface area (Å²) in [7, 11) is 1.60. The molecule has 9 heteroatoms. The van der Waals surface area contributed by atoms with Crippen LogP contribution in [0.25, 0.3) is 0 Å². The molecule has 35 heavy (non-hydrogen) atoms. The molecule has 0 radical (unpaired) electrons. The van der Waals surface area contributed by atoms with Crippen LogP contribution < -0.4 is 10.2 Å². The zero-order chi connectivity index (χ0) is 25.5. The molecular formula is C26H31F2N5O2. The van der Waals surface area contributed by atoms with Gasteiger partial charge in [0.05, 0.1) is 18.7 Å². The van der Waals surface area contributed by atoms with E-state index < -0.39 is 5.82 Å². The molecule has 0 fully saturated rings. The predicted molar refractivity (Wildman–Crippen MR) is 129 cm³/mol. The van der Waals surface area contributed by atoms with Gasteiger partial charge in [-0.2, -0.15) is 5.26 Å². The molecule has 186 valence electrons. The predicted octanol–water partition coefficient (Wildman–Crippen LogP) is 3.65. The maximum Gasteiger partial charge on any atom is 0.256 e. The van der Waals surface area contributed by atoms with Gasteiger partial charge in [0.1, 0.15) is 17.7 Å². The van der Waals surface area contributed by atoms with E-state index in [1.165, 1.54) is 23.2 Å². The maximum atomic E-state index is 14.2.